The number of H-pyrrole nitrogens is 1. The van der Waals surface area contributed by atoms with Crippen LogP contribution in [0, 0.1) is 0 Å². The molecule has 0 atom stereocenters. The molecule has 11 heteroatoms. The molecule has 3 N–H and O–H groups in total. The highest BCUT2D eigenvalue weighted by Gasteiger charge is 2.20. The molecule has 0 aliphatic heterocycles. The zero-order valence-corrected chi connectivity index (χ0v) is 15.0. The highest BCUT2D eigenvalue weighted by molar-refractivity contribution is 9.10. The Labute approximate surface area is 150 Å². The number of nitrogens with zero attached hydrogens (tertiary/aromatic N) is 5. The Balaban J connectivity index is 1.73. The van der Waals surface area contributed by atoms with Crippen LogP contribution in [0.15, 0.2) is 29.3 Å². The first-order chi connectivity index (χ1) is 12.0. The van der Waals surface area contributed by atoms with E-state index < -0.39 is 5.91 Å². The number of carbonyl (C=O) groups is 2. The van der Waals surface area contributed by atoms with Crippen molar-refractivity contribution in [3.63, 3.8) is 0 Å². The van der Waals surface area contributed by atoms with Crippen molar-refractivity contribution in [1.29, 1.82) is 0 Å². The van der Waals surface area contributed by atoms with Gasteiger partial charge in [-0.3, -0.25) is 24.1 Å². The van der Waals surface area contributed by atoms with Gasteiger partial charge in [0.05, 0.1) is 28.8 Å². The minimum absolute atomic E-state index is 0.243. The molecule has 0 radical (unpaired) electrons. The third kappa shape index (κ3) is 3.60. The monoisotopic (exact) mass is 406 g/mol. The third-order valence-corrected chi connectivity index (χ3v) is 4.03. The summed E-state index contributed by atoms with van der Waals surface area (Å²) in [5, 5.41) is 19.9. The second-order valence-electron chi connectivity index (χ2n) is 5.28. The number of hydrogen-bond acceptors (Lipinski definition) is 5. The fourth-order valence-corrected chi connectivity index (χ4v) is 2.61. The number of hydrogen-bond donors (Lipinski definition) is 3. The average Bonchev–Trinajstić information content (AvgIpc) is 3.26. The molecule has 3 aromatic rings. The molecule has 0 aliphatic rings. The van der Waals surface area contributed by atoms with Gasteiger partial charge in [-0.2, -0.15) is 15.3 Å². The molecule has 3 aromatic heterocycles. The van der Waals surface area contributed by atoms with E-state index >= 15 is 0 Å². The number of nitrogens with one attached hydrogen (secondary N) is 3. The van der Waals surface area contributed by atoms with Crippen molar-refractivity contribution in [2.45, 2.75) is 6.54 Å². The lowest BCUT2D eigenvalue weighted by Gasteiger charge is -2.08. The number of aromatic nitrogens is 6. The maximum atomic E-state index is 12.5. The van der Waals surface area contributed by atoms with Crippen LogP contribution < -0.4 is 10.6 Å². The maximum Gasteiger partial charge on any atom is 0.274 e. The highest BCUT2D eigenvalue weighted by Crippen LogP contribution is 2.18. The van der Waals surface area contributed by atoms with Crippen molar-refractivity contribution in [2.75, 3.05) is 5.32 Å². The van der Waals surface area contributed by atoms with E-state index in [9.17, 15) is 9.59 Å². The number of anilines is 1. The van der Waals surface area contributed by atoms with Gasteiger partial charge in [0.2, 0.25) is 0 Å². The van der Waals surface area contributed by atoms with Gasteiger partial charge in [0.25, 0.3) is 11.8 Å². The zero-order chi connectivity index (χ0) is 18.0. The Bertz CT molecular complexity index is 925. The first kappa shape index (κ1) is 16.9. The Hall–Kier alpha value is -2.95. The van der Waals surface area contributed by atoms with E-state index in [4.69, 9.17) is 0 Å². The topological polar surface area (TPSA) is 123 Å². The Kier molecular flexibility index (Phi) is 4.65. The molecule has 0 aromatic carbocycles. The largest absolute Gasteiger partial charge is 0.346 e. The van der Waals surface area contributed by atoms with E-state index in [0.29, 0.717) is 16.7 Å². The summed E-state index contributed by atoms with van der Waals surface area (Å²) in [4.78, 5) is 24.8. The second kappa shape index (κ2) is 6.89. The number of aromatic amines is 1. The summed E-state index contributed by atoms with van der Waals surface area (Å²) in [5.74, 6) is -0.790. The number of rotatable bonds is 5. The Morgan fingerprint density at radius 3 is 2.64 bits per heavy atom. The normalized spacial score (nSPS) is 10.7. The van der Waals surface area contributed by atoms with Crippen molar-refractivity contribution < 1.29 is 9.59 Å². The van der Waals surface area contributed by atoms with Gasteiger partial charge in [-0.25, -0.2) is 0 Å². The molecule has 3 rings (SSSR count). The molecule has 0 aliphatic carbocycles. The number of halogens is 1. The number of aryl methyl sites for hydroxylation is 2. The summed E-state index contributed by atoms with van der Waals surface area (Å²) in [6.07, 6.45) is 6.37. The fraction of sp³-hybridized carbons (Fsp3) is 0.214. The average molecular weight is 407 g/mol. The van der Waals surface area contributed by atoms with E-state index in [0.717, 1.165) is 5.56 Å². The van der Waals surface area contributed by atoms with Crippen LogP contribution in [0.2, 0.25) is 0 Å². The zero-order valence-electron chi connectivity index (χ0n) is 13.4. The summed E-state index contributed by atoms with van der Waals surface area (Å²) in [6, 6.07) is 0. The quantitative estimate of drug-likeness (QED) is 0.578. The van der Waals surface area contributed by atoms with Crippen LogP contribution in [0.25, 0.3) is 0 Å². The summed E-state index contributed by atoms with van der Waals surface area (Å²) >= 11 is 3.22. The highest BCUT2D eigenvalue weighted by atomic mass is 79.9. The molecule has 0 fully saturated rings. The Morgan fingerprint density at radius 1 is 1.20 bits per heavy atom. The van der Waals surface area contributed by atoms with Gasteiger partial charge in [-0.15, -0.1) is 0 Å². The van der Waals surface area contributed by atoms with Crippen LogP contribution in [-0.4, -0.2) is 41.6 Å². The lowest BCUT2D eigenvalue weighted by atomic mass is 10.3. The van der Waals surface area contributed by atoms with Gasteiger partial charge in [0.15, 0.2) is 0 Å². The first-order valence-corrected chi connectivity index (χ1v) is 8.03. The smallest absolute Gasteiger partial charge is 0.274 e. The van der Waals surface area contributed by atoms with Crippen LogP contribution >= 0.6 is 15.9 Å². The minimum atomic E-state index is -0.432. The summed E-state index contributed by atoms with van der Waals surface area (Å²) in [6.45, 7) is 0.317. The molecule has 130 valence electrons. The maximum absolute atomic E-state index is 12.5. The van der Waals surface area contributed by atoms with E-state index in [1.165, 1.54) is 17.1 Å². The number of amides is 2. The predicted molar refractivity (Wildman–Crippen MR) is 91.8 cm³/mol. The molecule has 0 saturated carbocycles. The molecular formula is C14H15BrN8O2. The van der Waals surface area contributed by atoms with Crippen LogP contribution in [0.3, 0.4) is 0 Å². The lowest BCUT2D eigenvalue weighted by molar-refractivity contribution is 0.0942. The number of carbonyl (C=O) groups excluding carboxylic acids is 2. The third-order valence-electron chi connectivity index (χ3n) is 3.43. The van der Waals surface area contributed by atoms with E-state index in [1.807, 2.05) is 6.20 Å². The fourth-order valence-electron chi connectivity index (χ4n) is 2.24. The van der Waals surface area contributed by atoms with Crippen LogP contribution in [0.5, 0.6) is 0 Å². The van der Waals surface area contributed by atoms with Crippen LogP contribution in [-0.2, 0) is 20.6 Å². The molecule has 0 unspecified atom stereocenters. The van der Waals surface area contributed by atoms with Gasteiger partial charge in [-0.1, -0.05) is 0 Å². The van der Waals surface area contributed by atoms with E-state index in [-0.39, 0.29) is 17.3 Å². The standard InChI is InChI=1S/C14H15BrN8O2/c1-22-7-8(4-18-22)3-16-14(25)12-10(6-19-23(12)2)20-13(24)11-9(15)5-17-21-11/h4-7H,3H2,1-2H3,(H,16,25)(H,17,21)(H,20,24). The van der Waals surface area contributed by atoms with Crippen LogP contribution in [0.1, 0.15) is 26.5 Å². The molecule has 10 nitrogen and oxygen atoms in total. The van der Waals surface area contributed by atoms with Crippen molar-refractivity contribution in [2.24, 2.45) is 14.1 Å². The van der Waals surface area contributed by atoms with Gasteiger partial charge >= 0.3 is 0 Å². The molecule has 0 spiro atoms. The SMILES string of the molecule is Cn1cc(CNC(=O)c2c(NC(=O)c3[nH]ncc3Br)cnn2C)cn1. The molecule has 25 heavy (non-hydrogen) atoms. The lowest BCUT2D eigenvalue weighted by Crippen LogP contribution is -2.26. The van der Waals surface area contributed by atoms with E-state index in [2.05, 4.69) is 47.0 Å². The summed E-state index contributed by atoms with van der Waals surface area (Å²) < 4.78 is 3.58. The first-order valence-electron chi connectivity index (χ1n) is 7.23. The van der Waals surface area contributed by atoms with Crippen molar-refractivity contribution in [3.8, 4) is 0 Å². The van der Waals surface area contributed by atoms with Gasteiger partial charge < -0.3 is 10.6 Å². The molecule has 2 amide bonds. The molecular weight excluding hydrogens is 392 g/mol. The van der Waals surface area contributed by atoms with Crippen molar-refractivity contribution in [1.82, 2.24) is 35.1 Å². The van der Waals surface area contributed by atoms with Gasteiger partial charge in [0, 0.05) is 32.4 Å². The summed E-state index contributed by atoms with van der Waals surface area (Å²) in [5.41, 5.74) is 1.67. The molecule has 3 heterocycles. The minimum Gasteiger partial charge on any atom is -0.346 e. The second-order valence-corrected chi connectivity index (χ2v) is 6.14. The van der Waals surface area contributed by atoms with E-state index in [1.54, 1.807) is 25.0 Å². The Morgan fingerprint density at radius 2 is 2.00 bits per heavy atom. The molecule has 0 saturated heterocycles. The van der Waals surface area contributed by atoms with Crippen molar-refractivity contribution in [3.05, 3.63) is 46.2 Å². The van der Waals surface area contributed by atoms with Gasteiger partial charge in [0.1, 0.15) is 11.4 Å². The predicted octanol–water partition coefficient (Wildman–Crippen LogP) is 0.821. The van der Waals surface area contributed by atoms with Crippen LogP contribution in [0.4, 0.5) is 5.69 Å². The van der Waals surface area contributed by atoms with Crippen molar-refractivity contribution >= 4 is 33.4 Å². The van der Waals surface area contributed by atoms with Gasteiger partial charge in [-0.05, 0) is 15.9 Å². The molecule has 0 bridgehead atoms. The summed E-state index contributed by atoms with van der Waals surface area (Å²) in [7, 11) is 3.43.